The average Bonchev–Trinajstić information content (AvgIpc) is 2.83. The number of nitrogens with one attached hydrogen (secondary N) is 1. The van der Waals surface area contributed by atoms with Gasteiger partial charge in [-0.15, -0.1) is 0 Å². The Balaban J connectivity index is 2.34. The summed E-state index contributed by atoms with van der Waals surface area (Å²) in [5.41, 5.74) is 5.10. The van der Waals surface area contributed by atoms with Crippen LogP contribution < -0.4 is 4.57 Å². The van der Waals surface area contributed by atoms with Crippen molar-refractivity contribution in [2.75, 3.05) is 0 Å². The Morgan fingerprint density at radius 3 is 2.62 bits per heavy atom. The SMILES string of the molecule is Cc1c2cc[n+](C)cc2c(C)c2c1[nH]c1ccc(Br)cc12. The van der Waals surface area contributed by atoms with E-state index in [9.17, 15) is 0 Å². The highest BCUT2D eigenvalue weighted by Crippen LogP contribution is 2.36. The van der Waals surface area contributed by atoms with Gasteiger partial charge in [0.1, 0.15) is 7.05 Å². The Hall–Kier alpha value is -1.87. The number of pyridine rings is 1. The van der Waals surface area contributed by atoms with Gasteiger partial charge in [-0.25, -0.2) is 4.57 Å². The summed E-state index contributed by atoms with van der Waals surface area (Å²) in [5.74, 6) is 0. The van der Waals surface area contributed by atoms with E-state index in [0.717, 1.165) is 4.47 Å². The van der Waals surface area contributed by atoms with E-state index in [1.54, 1.807) is 0 Å². The molecule has 2 aromatic heterocycles. The van der Waals surface area contributed by atoms with Gasteiger partial charge < -0.3 is 4.98 Å². The van der Waals surface area contributed by atoms with Gasteiger partial charge in [0, 0.05) is 32.2 Å². The van der Waals surface area contributed by atoms with E-state index >= 15 is 0 Å². The van der Waals surface area contributed by atoms with Gasteiger partial charge in [-0.2, -0.15) is 0 Å². The third-order valence-corrected chi connectivity index (χ3v) is 4.91. The minimum Gasteiger partial charge on any atom is -0.354 e. The molecular formula is C18H16BrN2+. The molecule has 0 atom stereocenters. The molecule has 3 heteroatoms. The predicted octanol–water partition coefficient (Wildman–Crippen LogP) is 4.68. The van der Waals surface area contributed by atoms with Gasteiger partial charge >= 0.3 is 0 Å². The molecule has 0 spiro atoms. The van der Waals surface area contributed by atoms with Crippen LogP contribution in [-0.4, -0.2) is 4.98 Å². The molecule has 0 aliphatic rings. The predicted molar refractivity (Wildman–Crippen MR) is 91.7 cm³/mol. The fourth-order valence-corrected chi connectivity index (χ4v) is 3.69. The van der Waals surface area contributed by atoms with Crippen LogP contribution in [0.5, 0.6) is 0 Å². The lowest BCUT2D eigenvalue weighted by Gasteiger charge is -2.07. The summed E-state index contributed by atoms with van der Waals surface area (Å²) in [6, 6.07) is 8.64. The summed E-state index contributed by atoms with van der Waals surface area (Å²) in [6.07, 6.45) is 4.33. The Labute approximate surface area is 131 Å². The third-order valence-electron chi connectivity index (χ3n) is 4.42. The summed E-state index contributed by atoms with van der Waals surface area (Å²) >= 11 is 3.59. The molecule has 0 amide bonds. The summed E-state index contributed by atoms with van der Waals surface area (Å²) in [5, 5.41) is 5.27. The number of aromatic nitrogens is 2. The molecular weight excluding hydrogens is 324 g/mol. The van der Waals surface area contributed by atoms with Crippen LogP contribution in [0.2, 0.25) is 0 Å². The van der Waals surface area contributed by atoms with Gasteiger partial charge in [0.25, 0.3) is 0 Å². The highest BCUT2D eigenvalue weighted by atomic mass is 79.9. The second-order valence-electron chi connectivity index (χ2n) is 5.75. The van der Waals surface area contributed by atoms with Crippen molar-refractivity contribution in [3.63, 3.8) is 0 Å². The van der Waals surface area contributed by atoms with Gasteiger partial charge in [0.2, 0.25) is 0 Å². The van der Waals surface area contributed by atoms with Gasteiger partial charge in [0.15, 0.2) is 12.4 Å². The Kier molecular flexibility index (Phi) is 2.64. The van der Waals surface area contributed by atoms with Gasteiger partial charge in [-0.3, -0.25) is 0 Å². The molecule has 21 heavy (non-hydrogen) atoms. The normalized spacial score (nSPS) is 11.8. The minimum absolute atomic E-state index is 1.12. The molecule has 0 aliphatic carbocycles. The van der Waals surface area contributed by atoms with Crippen LogP contribution in [0.1, 0.15) is 11.1 Å². The van der Waals surface area contributed by atoms with E-state index in [4.69, 9.17) is 0 Å². The quantitative estimate of drug-likeness (QED) is 0.449. The molecule has 4 aromatic rings. The number of aromatic amines is 1. The lowest BCUT2D eigenvalue weighted by molar-refractivity contribution is -0.670. The lowest BCUT2D eigenvalue weighted by atomic mass is 9.97. The average molecular weight is 340 g/mol. The molecule has 0 radical (unpaired) electrons. The highest BCUT2D eigenvalue weighted by Gasteiger charge is 2.15. The van der Waals surface area contributed by atoms with E-state index in [-0.39, 0.29) is 0 Å². The molecule has 0 unspecified atom stereocenters. The van der Waals surface area contributed by atoms with Crippen LogP contribution in [0.3, 0.4) is 0 Å². The second kappa shape index (κ2) is 4.31. The van der Waals surface area contributed by atoms with E-state index in [1.807, 2.05) is 0 Å². The number of rotatable bonds is 0. The minimum atomic E-state index is 1.12. The first kappa shape index (κ1) is 12.8. The largest absolute Gasteiger partial charge is 0.354 e. The van der Waals surface area contributed by atoms with E-state index in [2.05, 4.69) is 83.0 Å². The molecule has 0 saturated carbocycles. The molecule has 0 fully saturated rings. The molecule has 2 aromatic carbocycles. The Bertz CT molecular complexity index is 1030. The van der Waals surface area contributed by atoms with Crippen molar-refractivity contribution < 1.29 is 4.57 Å². The standard InChI is InChI=1S/C18H15BrN2/c1-10-15-9-21(3)7-6-13(15)11(2)18-17(10)14-8-12(19)4-5-16(14)20-18/h4-9H,1-3H3/p+1. The van der Waals surface area contributed by atoms with Crippen molar-refractivity contribution >= 4 is 48.5 Å². The van der Waals surface area contributed by atoms with Crippen LogP contribution in [-0.2, 0) is 7.05 Å². The molecule has 1 N–H and O–H groups in total. The Morgan fingerprint density at radius 1 is 1.00 bits per heavy atom. The van der Waals surface area contributed by atoms with Crippen molar-refractivity contribution in [2.45, 2.75) is 13.8 Å². The molecule has 4 rings (SSSR count). The molecule has 2 heterocycles. The molecule has 0 saturated heterocycles. The first-order valence-electron chi connectivity index (χ1n) is 7.05. The smallest absolute Gasteiger partial charge is 0.176 e. The first-order chi connectivity index (χ1) is 10.1. The fraction of sp³-hybridized carbons (Fsp3) is 0.167. The van der Waals surface area contributed by atoms with Crippen LogP contribution in [0.25, 0.3) is 32.6 Å². The highest BCUT2D eigenvalue weighted by molar-refractivity contribution is 9.10. The van der Waals surface area contributed by atoms with Gasteiger partial charge in [-0.05, 0) is 48.6 Å². The first-order valence-corrected chi connectivity index (χ1v) is 7.84. The van der Waals surface area contributed by atoms with Crippen LogP contribution in [0, 0.1) is 13.8 Å². The maximum Gasteiger partial charge on any atom is 0.176 e. The van der Waals surface area contributed by atoms with Gasteiger partial charge in [-0.1, -0.05) is 15.9 Å². The van der Waals surface area contributed by atoms with Gasteiger partial charge in [0.05, 0.1) is 5.52 Å². The number of hydrogen-bond acceptors (Lipinski definition) is 0. The number of aryl methyl sites for hydroxylation is 3. The van der Waals surface area contributed by atoms with Crippen LogP contribution in [0.15, 0.2) is 41.1 Å². The van der Waals surface area contributed by atoms with Crippen molar-refractivity contribution in [3.05, 3.63) is 52.3 Å². The maximum atomic E-state index is 3.59. The van der Waals surface area contributed by atoms with Crippen molar-refractivity contribution in [2.24, 2.45) is 7.05 Å². The van der Waals surface area contributed by atoms with E-state index < -0.39 is 0 Å². The fourth-order valence-electron chi connectivity index (χ4n) is 3.33. The Morgan fingerprint density at radius 2 is 1.81 bits per heavy atom. The number of benzene rings is 2. The summed E-state index contributed by atoms with van der Waals surface area (Å²) in [6.45, 7) is 4.42. The number of halogens is 1. The number of H-pyrrole nitrogens is 1. The van der Waals surface area contributed by atoms with E-state index in [0.29, 0.717) is 0 Å². The molecule has 104 valence electrons. The topological polar surface area (TPSA) is 19.7 Å². The zero-order valence-electron chi connectivity index (χ0n) is 12.3. The summed E-state index contributed by atoms with van der Waals surface area (Å²) < 4.78 is 3.23. The van der Waals surface area contributed by atoms with Crippen molar-refractivity contribution in [1.29, 1.82) is 0 Å². The lowest BCUT2D eigenvalue weighted by Crippen LogP contribution is -2.26. The summed E-state index contributed by atoms with van der Waals surface area (Å²) in [4.78, 5) is 3.59. The second-order valence-corrected chi connectivity index (χ2v) is 6.67. The monoisotopic (exact) mass is 339 g/mol. The van der Waals surface area contributed by atoms with Crippen molar-refractivity contribution in [1.82, 2.24) is 4.98 Å². The van der Waals surface area contributed by atoms with E-state index in [1.165, 1.54) is 43.7 Å². The molecule has 0 aliphatic heterocycles. The number of fused-ring (bicyclic) bond motifs is 4. The zero-order valence-corrected chi connectivity index (χ0v) is 13.9. The molecule has 0 bridgehead atoms. The summed E-state index contributed by atoms with van der Waals surface area (Å²) in [7, 11) is 2.07. The van der Waals surface area contributed by atoms with Crippen LogP contribution >= 0.6 is 15.9 Å². The third kappa shape index (κ3) is 1.74. The number of nitrogens with zero attached hydrogens (tertiary/aromatic N) is 1. The van der Waals surface area contributed by atoms with Crippen LogP contribution in [0.4, 0.5) is 0 Å². The maximum absolute atomic E-state index is 3.59. The van der Waals surface area contributed by atoms with Crippen molar-refractivity contribution in [3.8, 4) is 0 Å². The zero-order chi connectivity index (χ0) is 14.7. The molecule has 2 nitrogen and oxygen atoms in total. The number of hydrogen-bond donors (Lipinski definition) is 1.